The number of piperidine rings is 1. The molecule has 1 fully saturated rings. The second-order valence-electron chi connectivity index (χ2n) is 5.37. The molecule has 6 heteroatoms. The summed E-state index contributed by atoms with van der Waals surface area (Å²) in [7, 11) is 3.20. The van der Waals surface area contributed by atoms with Crippen molar-refractivity contribution in [2.75, 3.05) is 40.5 Å². The molecule has 1 saturated heterocycles. The number of carbonyl (C=O) groups is 1. The van der Waals surface area contributed by atoms with Crippen molar-refractivity contribution < 1.29 is 19.4 Å². The molecular formula is C16H24N2O4. The van der Waals surface area contributed by atoms with Gasteiger partial charge in [-0.15, -0.1) is 0 Å². The molecule has 1 heterocycles. The highest BCUT2D eigenvalue weighted by molar-refractivity contribution is 5.97. The maximum absolute atomic E-state index is 12.5. The van der Waals surface area contributed by atoms with Crippen molar-refractivity contribution in [3.8, 4) is 5.75 Å². The summed E-state index contributed by atoms with van der Waals surface area (Å²) in [6.07, 6.45) is 0.707. The number of β-amino-alcohol motifs (C(OH)–C–C–N with tert-alkyl or cyclic N) is 1. The van der Waals surface area contributed by atoms with E-state index >= 15 is 0 Å². The average molecular weight is 308 g/mol. The first-order chi connectivity index (χ1) is 10.7. The van der Waals surface area contributed by atoms with Gasteiger partial charge in [-0.2, -0.15) is 0 Å². The number of ether oxygens (including phenoxy) is 2. The van der Waals surface area contributed by atoms with E-state index in [0.717, 1.165) is 13.0 Å². The minimum atomic E-state index is -0.153. The molecule has 2 atom stereocenters. The quantitative estimate of drug-likeness (QED) is 0.801. The summed E-state index contributed by atoms with van der Waals surface area (Å²) in [6, 6.07) is 7.12. The average Bonchev–Trinajstić information content (AvgIpc) is 2.56. The standard InChI is InChI=1S/C16H24N2O4/c1-21-14-6-4-3-5-12(14)16(20)17-13-7-8-18(9-10-19)11-15(13)22-2/h3-6,13,15,19H,7-11H2,1-2H3,(H,17,20). The van der Waals surface area contributed by atoms with E-state index in [1.807, 2.05) is 12.1 Å². The Hall–Kier alpha value is -1.63. The SMILES string of the molecule is COc1ccccc1C(=O)NC1CCN(CCO)CC1OC. The molecule has 1 aliphatic heterocycles. The molecule has 1 aliphatic rings. The Morgan fingerprint density at radius 2 is 2.18 bits per heavy atom. The highest BCUT2D eigenvalue weighted by atomic mass is 16.5. The predicted molar refractivity (Wildman–Crippen MR) is 83.2 cm³/mol. The molecule has 22 heavy (non-hydrogen) atoms. The van der Waals surface area contributed by atoms with E-state index in [9.17, 15) is 4.79 Å². The van der Waals surface area contributed by atoms with Gasteiger partial charge < -0.3 is 19.9 Å². The minimum absolute atomic E-state index is 0.0441. The van der Waals surface area contributed by atoms with Crippen LogP contribution in [-0.2, 0) is 4.74 Å². The Morgan fingerprint density at radius 1 is 1.41 bits per heavy atom. The van der Waals surface area contributed by atoms with Crippen molar-refractivity contribution in [3.05, 3.63) is 29.8 Å². The molecule has 0 radical (unpaired) electrons. The highest BCUT2D eigenvalue weighted by Gasteiger charge is 2.30. The predicted octanol–water partition coefficient (Wildman–Crippen LogP) is 0.507. The van der Waals surface area contributed by atoms with Crippen molar-refractivity contribution in [2.45, 2.75) is 18.6 Å². The zero-order chi connectivity index (χ0) is 15.9. The van der Waals surface area contributed by atoms with E-state index in [1.165, 1.54) is 0 Å². The number of hydrogen-bond donors (Lipinski definition) is 2. The van der Waals surface area contributed by atoms with Crippen LogP contribution < -0.4 is 10.1 Å². The van der Waals surface area contributed by atoms with Gasteiger partial charge in [0.1, 0.15) is 5.75 Å². The lowest BCUT2D eigenvalue weighted by Gasteiger charge is -2.37. The van der Waals surface area contributed by atoms with Crippen LogP contribution in [0.5, 0.6) is 5.75 Å². The zero-order valence-electron chi connectivity index (χ0n) is 13.1. The zero-order valence-corrected chi connectivity index (χ0v) is 13.1. The lowest BCUT2D eigenvalue weighted by Crippen LogP contribution is -2.55. The number of benzene rings is 1. The Morgan fingerprint density at radius 3 is 2.86 bits per heavy atom. The topological polar surface area (TPSA) is 71.0 Å². The second-order valence-corrected chi connectivity index (χ2v) is 5.37. The summed E-state index contributed by atoms with van der Waals surface area (Å²) in [5.41, 5.74) is 0.526. The van der Waals surface area contributed by atoms with Gasteiger partial charge in [0.05, 0.1) is 31.4 Å². The van der Waals surface area contributed by atoms with E-state index in [4.69, 9.17) is 14.6 Å². The van der Waals surface area contributed by atoms with Crippen LogP contribution in [0, 0.1) is 0 Å². The smallest absolute Gasteiger partial charge is 0.255 e. The number of methoxy groups -OCH3 is 2. The number of likely N-dealkylation sites (tertiary alicyclic amines) is 1. The third-order valence-electron chi connectivity index (χ3n) is 4.03. The number of rotatable bonds is 6. The van der Waals surface area contributed by atoms with Crippen molar-refractivity contribution in [3.63, 3.8) is 0 Å². The summed E-state index contributed by atoms with van der Waals surface area (Å²) >= 11 is 0. The van der Waals surface area contributed by atoms with Gasteiger partial charge >= 0.3 is 0 Å². The van der Waals surface area contributed by atoms with E-state index in [2.05, 4.69) is 10.2 Å². The van der Waals surface area contributed by atoms with Crippen LogP contribution in [0.3, 0.4) is 0 Å². The summed E-state index contributed by atoms with van der Waals surface area (Å²) in [6.45, 7) is 2.30. The number of hydrogen-bond acceptors (Lipinski definition) is 5. The fraction of sp³-hybridized carbons (Fsp3) is 0.562. The molecule has 1 aromatic rings. The fourth-order valence-corrected chi connectivity index (χ4v) is 2.81. The van der Waals surface area contributed by atoms with Crippen LogP contribution in [0.15, 0.2) is 24.3 Å². The third kappa shape index (κ3) is 3.97. The minimum Gasteiger partial charge on any atom is -0.496 e. The Labute approximate surface area is 131 Å². The van der Waals surface area contributed by atoms with Crippen molar-refractivity contribution in [1.82, 2.24) is 10.2 Å². The number of para-hydroxylation sites is 1. The van der Waals surface area contributed by atoms with Gasteiger partial charge in [-0.1, -0.05) is 12.1 Å². The number of amides is 1. The largest absolute Gasteiger partial charge is 0.496 e. The first-order valence-corrected chi connectivity index (χ1v) is 7.49. The van der Waals surface area contributed by atoms with Gasteiger partial charge in [-0.3, -0.25) is 9.69 Å². The van der Waals surface area contributed by atoms with Gasteiger partial charge in [0.25, 0.3) is 5.91 Å². The molecule has 6 nitrogen and oxygen atoms in total. The summed E-state index contributed by atoms with van der Waals surface area (Å²) in [5.74, 6) is 0.409. The number of nitrogens with one attached hydrogen (secondary N) is 1. The van der Waals surface area contributed by atoms with Gasteiger partial charge in [-0.25, -0.2) is 0 Å². The molecule has 1 aromatic carbocycles. The maximum Gasteiger partial charge on any atom is 0.255 e. The number of aliphatic hydroxyl groups is 1. The van der Waals surface area contributed by atoms with Crippen LogP contribution in [-0.4, -0.2) is 68.5 Å². The molecule has 2 N–H and O–H groups in total. The maximum atomic E-state index is 12.5. The number of carbonyl (C=O) groups excluding carboxylic acids is 1. The highest BCUT2D eigenvalue weighted by Crippen LogP contribution is 2.19. The van der Waals surface area contributed by atoms with E-state index < -0.39 is 0 Å². The Balaban J connectivity index is 2.01. The number of aliphatic hydroxyl groups excluding tert-OH is 1. The van der Waals surface area contributed by atoms with Crippen LogP contribution in [0.1, 0.15) is 16.8 Å². The molecule has 0 saturated carbocycles. The van der Waals surface area contributed by atoms with Crippen LogP contribution in [0.4, 0.5) is 0 Å². The summed E-state index contributed by atoms with van der Waals surface area (Å²) in [5, 5.41) is 12.1. The van der Waals surface area contributed by atoms with Crippen LogP contribution >= 0.6 is 0 Å². The second kappa shape index (κ2) is 8.12. The molecule has 0 spiro atoms. The molecular weight excluding hydrogens is 284 g/mol. The first kappa shape index (κ1) is 16.7. The lowest BCUT2D eigenvalue weighted by molar-refractivity contribution is 0.00228. The molecule has 122 valence electrons. The fourth-order valence-electron chi connectivity index (χ4n) is 2.81. The molecule has 2 unspecified atom stereocenters. The Bertz CT molecular complexity index is 495. The van der Waals surface area contributed by atoms with Gasteiger partial charge in [0.15, 0.2) is 0 Å². The molecule has 0 aromatic heterocycles. The van der Waals surface area contributed by atoms with Gasteiger partial charge in [0.2, 0.25) is 0 Å². The van der Waals surface area contributed by atoms with E-state index in [0.29, 0.717) is 24.4 Å². The van der Waals surface area contributed by atoms with Gasteiger partial charge in [-0.05, 0) is 18.6 Å². The molecule has 0 bridgehead atoms. The normalized spacial score (nSPS) is 22.3. The monoisotopic (exact) mass is 308 g/mol. The van der Waals surface area contributed by atoms with E-state index in [1.54, 1.807) is 26.4 Å². The first-order valence-electron chi connectivity index (χ1n) is 7.49. The van der Waals surface area contributed by atoms with Crippen molar-refractivity contribution in [2.24, 2.45) is 0 Å². The molecule has 0 aliphatic carbocycles. The summed E-state index contributed by atoms with van der Waals surface area (Å²) in [4.78, 5) is 14.6. The third-order valence-corrected chi connectivity index (χ3v) is 4.03. The van der Waals surface area contributed by atoms with Crippen molar-refractivity contribution in [1.29, 1.82) is 0 Å². The lowest BCUT2D eigenvalue weighted by atomic mass is 10.0. The van der Waals surface area contributed by atoms with Crippen molar-refractivity contribution >= 4 is 5.91 Å². The molecule has 1 amide bonds. The Kier molecular flexibility index (Phi) is 6.18. The van der Waals surface area contributed by atoms with Crippen LogP contribution in [0.25, 0.3) is 0 Å². The summed E-state index contributed by atoms with van der Waals surface area (Å²) < 4.78 is 10.7. The number of nitrogens with zero attached hydrogens (tertiary/aromatic N) is 1. The van der Waals surface area contributed by atoms with E-state index in [-0.39, 0.29) is 24.7 Å². The van der Waals surface area contributed by atoms with Gasteiger partial charge in [0, 0.05) is 26.7 Å². The molecule has 2 rings (SSSR count). The van der Waals surface area contributed by atoms with Crippen LogP contribution in [0.2, 0.25) is 0 Å².